The van der Waals surface area contributed by atoms with E-state index in [9.17, 15) is 0 Å². The number of aromatic nitrogens is 1. The third-order valence-electron chi connectivity index (χ3n) is 9.31. The molecule has 0 fully saturated rings. The lowest BCUT2D eigenvalue weighted by Gasteiger charge is -2.26. The number of hydrogen-bond acceptors (Lipinski definition) is 3. The second-order valence-corrected chi connectivity index (χ2v) is 12.4. The molecule has 1 aromatic heterocycles. The van der Waals surface area contributed by atoms with Crippen molar-refractivity contribution in [3.8, 4) is 44.8 Å². The van der Waals surface area contributed by atoms with Crippen molar-refractivity contribution >= 4 is 38.9 Å². The van der Waals surface area contributed by atoms with E-state index >= 15 is 0 Å². The van der Waals surface area contributed by atoms with Gasteiger partial charge in [0, 0.05) is 33.8 Å². The lowest BCUT2D eigenvalue weighted by atomic mass is 9.98. The summed E-state index contributed by atoms with van der Waals surface area (Å²) in [6, 6.07) is 68.1. The van der Waals surface area contributed by atoms with Crippen molar-refractivity contribution in [2.75, 3.05) is 4.90 Å². The van der Waals surface area contributed by atoms with Crippen LogP contribution in [0.15, 0.2) is 199 Å². The number of hydrogen-bond donors (Lipinski definition) is 0. The minimum absolute atomic E-state index is 0.614. The molecule has 9 rings (SSSR count). The van der Waals surface area contributed by atoms with E-state index in [4.69, 9.17) is 9.40 Å². The van der Waals surface area contributed by atoms with Crippen molar-refractivity contribution in [3.63, 3.8) is 0 Å². The van der Waals surface area contributed by atoms with Gasteiger partial charge in [-0.25, -0.2) is 4.98 Å². The highest BCUT2D eigenvalue weighted by Gasteiger charge is 2.19. The van der Waals surface area contributed by atoms with Gasteiger partial charge in [-0.3, -0.25) is 0 Å². The van der Waals surface area contributed by atoms with Crippen molar-refractivity contribution in [2.45, 2.75) is 0 Å². The van der Waals surface area contributed by atoms with Gasteiger partial charge in [0.1, 0.15) is 5.52 Å². The van der Waals surface area contributed by atoms with Crippen LogP contribution in [0.2, 0.25) is 0 Å². The summed E-state index contributed by atoms with van der Waals surface area (Å²) in [7, 11) is 0. The third kappa shape index (κ3) is 5.51. The summed E-state index contributed by atoms with van der Waals surface area (Å²) >= 11 is 0. The number of anilines is 3. The highest BCUT2D eigenvalue weighted by molar-refractivity contribution is 6.01. The lowest BCUT2D eigenvalue weighted by molar-refractivity contribution is 0.621. The Labute approximate surface area is 291 Å². The van der Waals surface area contributed by atoms with Gasteiger partial charge in [-0.05, 0) is 87.6 Å². The SMILES string of the molecule is c1ccc(-c2ccc(N(c3ccc(-c4ccc(-c5ccccc5)c5nc(-c6ccccc6)oc45)cc3)c3ccc4ccccc4c3)cc2)cc1. The van der Waals surface area contributed by atoms with Crippen LogP contribution in [-0.4, -0.2) is 4.98 Å². The Morgan fingerprint density at radius 2 is 0.840 bits per heavy atom. The summed E-state index contributed by atoms with van der Waals surface area (Å²) in [6.45, 7) is 0. The van der Waals surface area contributed by atoms with Gasteiger partial charge in [-0.15, -0.1) is 0 Å². The van der Waals surface area contributed by atoms with Gasteiger partial charge in [-0.1, -0.05) is 140 Å². The fourth-order valence-corrected chi connectivity index (χ4v) is 6.78. The maximum absolute atomic E-state index is 6.59. The normalized spacial score (nSPS) is 11.2. The molecule has 0 saturated carbocycles. The van der Waals surface area contributed by atoms with Crippen LogP contribution < -0.4 is 4.90 Å². The molecule has 0 aliphatic carbocycles. The van der Waals surface area contributed by atoms with Crippen LogP contribution in [0, 0.1) is 0 Å². The predicted molar refractivity (Wildman–Crippen MR) is 208 cm³/mol. The zero-order valence-corrected chi connectivity index (χ0v) is 27.3. The van der Waals surface area contributed by atoms with Gasteiger partial charge in [0.05, 0.1) is 0 Å². The molecule has 236 valence electrons. The summed E-state index contributed by atoms with van der Waals surface area (Å²) in [5.74, 6) is 0.614. The van der Waals surface area contributed by atoms with Crippen LogP contribution in [0.1, 0.15) is 0 Å². The van der Waals surface area contributed by atoms with Crippen molar-refractivity contribution in [1.29, 1.82) is 0 Å². The Balaban J connectivity index is 1.15. The molecule has 0 amide bonds. The van der Waals surface area contributed by atoms with Crippen molar-refractivity contribution in [2.24, 2.45) is 0 Å². The minimum atomic E-state index is 0.614. The van der Waals surface area contributed by atoms with Crippen LogP contribution in [0.4, 0.5) is 17.1 Å². The zero-order chi connectivity index (χ0) is 33.3. The molecule has 0 unspecified atom stereocenters. The van der Waals surface area contributed by atoms with Crippen molar-refractivity contribution < 1.29 is 4.42 Å². The molecule has 9 aromatic rings. The van der Waals surface area contributed by atoms with E-state index in [-0.39, 0.29) is 0 Å². The summed E-state index contributed by atoms with van der Waals surface area (Å²) in [5, 5.41) is 2.42. The van der Waals surface area contributed by atoms with E-state index in [2.05, 4.69) is 163 Å². The van der Waals surface area contributed by atoms with Crippen LogP contribution in [-0.2, 0) is 0 Å². The number of oxazole rings is 1. The van der Waals surface area contributed by atoms with Crippen LogP contribution in [0.25, 0.3) is 66.7 Å². The first kappa shape index (κ1) is 29.4. The van der Waals surface area contributed by atoms with Crippen molar-refractivity contribution in [1.82, 2.24) is 4.98 Å². The fraction of sp³-hybridized carbons (Fsp3) is 0. The second kappa shape index (κ2) is 12.7. The Morgan fingerprint density at radius 1 is 0.360 bits per heavy atom. The van der Waals surface area contributed by atoms with E-state index in [1.54, 1.807) is 0 Å². The molecular weight excluding hydrogens is 609 g/mol. The first-order valence-corrected chi connectivity index (χ1v) is 16.9. The quantitative estimate of drug-likeness (QED) is 0.174. The summed E-state index contributed by atoms with van der Waals surface area (Å²) in [5.41, 5.74) is 12.5. The molecule has 50 heavy (non-hydrogen) atoms. The molecule has 0 atom stereocenters. The van der Waals surface area contributed by atoms with E-state index in [0.29, 0.717) is 5.89 Å². The molecule has 3 heteroatoms. The Morgan fingerprint density at radius 3 is 1.50 bits per heavy atom. The first-order valence-electron chi connectivity index (χ1n) is 16.9. The standard InChI is InChI=1S/C47H32N2O/c1-4-12-33(13-5-1)35-20-25-40(26-21-35)49(42-29-22-34-14-10-11-19-39(34)32-42)41-27-23-37(24-28-41)44-31-30-43(36-15-6-2-7-16-36)45-46(44)50-47(48-45)38-17-8-3-9-18-38/h1-32H. The van der Waals surface area contributed by atoms with Gasteiger partial charge in [0.15, 0.2) is 5.58 Å². The largest absolute Gasteiger partial charge is 0.435 e. The average molecular weight is 641 g/mol. The number of fused-ring (bicyclic) bond motifs is 2. The molecule has 0 spiro atoms. The Bertz CT molecular complexity index is 2560. The lowest BCUT2D eigenvalue weighted by Crippen LogP contribution is -2.09. The number of rotatable bonds is 7. The highest BCUT2D eigenvalue weighted by atomic mass is 16.3. The van der Waals surface area contributed by atoms with Crippen LogP contribution in [0.5, 0.6) is 0 Å². The van der Waals surface area contributed by atoms with E-state index in [1.165, 1.54) is 21.9 Å². The summed E-state index contributed by atoms with van der Waals surface area (Å²) in [6.07, 6.45) is 0. The van der Waals surface area contributed by atoms with E-state index in [1.807, 2.05) is 36.4 Å². The van der Waals surface area contributed by atoms with Gasteiger partial charge < -0.3 is 9.32 Å². The third-order valence-corrected chi connectivity index (χ3v) is 9.31. The predicted octanol–water partition coefficient (Wildman–Crippen LogP) is 13.1. The monoisotopic (exact) mass is 640 g/mol. The molecule has 0 saturated heterocycles. The van der Waals surface area contributed by atoms with Gasteiger partial charge >= 0.3 is 0 Å². The Hall–Kier alpha value is -6.71. The van der Waals surface area contributed by atoms with Crippen molar-refractivity contribution in [3.05, 3.63) is 194 Å². The zero-order valence-electron chi connectivity index (χ0n) is 27.3. The number of nitrogens with zero attached hydrogens (tertiary/aromatic N) is 2. The molecular formula is C47H32N2O. The average Bonchev–Trinajstić information content (AvgIpc) is 3.65. The maximum atomic E-state index is 6.59. The van der Waals surface area contributed by atoms with Crippen LogP contribution in [0.3, 0.4) is 0 Å². The first-order chi connectivity index (χ1) is 24.8. The fourth-order valence-electron chi connectivity index (χ4n) is 6.78. The van der Waals surface area contributed by atoms with Gasteiger partial charge in [0.25, 0.3) is 0 Å². The molecule has 3 nitrogen and oxygen atoms in total. The molecule has 8 aromatic carbocycles. The summed E-state index contributed by atoms with van der Waals surface area (Å²) < 4.78 is 6.59. The van der Waals surface area contributed by atoms with Gasteiger partial charge in [-0.2, -0.15) is 0 Å². The topological polar surface area (TPSA) is 29.3 Å². The van der Waals surface area contributed by atoms with E-state index < -0.39 is 0 Å². The smallest absolute Gasteiger partial charge is 0.227 e. The highest BCUT2D eigenvalue weighted by Crippen LogP contribution is 2.41. The second-order valence-electron chi connectivity index (χ2n) is 12.4. The summed E-state index contributed by atoms with van der Waals surface area (Å²) in [4.78, 5) is 7.37. The van der Waals surface area contributed by atoms with Gasteiger partial charge in [0.2, 0.25) is 5.89 Å². The molecule has 0 bridgehead atoms. The Kier molecular flexibility index (Phi) is 7.49. The molecule has 0 aliphatic rings. The molecule has 0 aliphatic heterocycles. The van der Waals surface area contributed by atoms with Crippen LogP contribution >= 0.6 is 0 Å². The molecule has 0 N–H and O–H groups in total. The maximum Gasteiger partial charge on any atom is 0.227 e. The molecule has 1 heterocycles. The van der Waals surface area contributed by atoms with E-state index in [0.717, 1.165) is 56.0 Å². The molecule has 0 radical (unpaired) electrons. The minimum Gasteiger partial charge on any atom is -0.435 e. The number of benzene rings is 8.